The second-order valence-electron chi connectivity index (χ2n) is 8.22. The summed E-state index contributed by atoms with van der Waals surface area (Å²) in [7, 11) is -3.03. The van der Waals surface area contributed by atoms with Crippen molar-refractivity contribution in [3.05, 3.63) is 70.3 Å². The minimum absolute atomic E-state index is 0. The Balaban J connectivity index is 0.00000363. The van der Waals surface area contributed by atoms with Crippen LogP contribution in [0.15, 0.2) is 47.5 Å². The fraction of sp³-hybridized carbons (Fsp3) is 0.458. The molecule has 176 valence electrons. The molecular formula is C24H34IN3O3S. The number of rotatable bonds is 6. The second-order valence-corrected chi connectivity index (χ2v) is 10.4. The lowest BCUT2D eigenvalue weighted by Gasteiger charge is -2.36. The molecule has 8 heteroatoms. The van der Waals surface area contributed by atoms with Gasteiger partial charge in [0.25, 0.3) is 0 Å². The van der Waals surface area contributed by atoms with Gasteiger partial charge in [-0.05, 0) is 43.0 Å². The third-order valence-electron chi connectivity index (χ3n) is 5.34. The number of guanidine groups is 1. The molecule has 2 aromatic rings. The van der Waals surface area contributed by atoms with Gasteiger partial charge in [0, 0.05) is 19.3 Å². The molecule has 1 unspecified atom stereocenters. The van der Waals surface area contributed by atoms with E-state index in [0.29, 0.717) is 13.2 Å². The molecule has 0 aromatic heterocycles. The Bertz CT molecular complexity index is 1020. The summed E-state index contributed by atoms with van der Waals surface area (Å²) in [6, 6.07) is 14.1. The molecule has 1 aliphatic rings. The maximum atomic E-state index is 11.5. The Kier molecular flexibility index (Phi) is 9.97. The largest absolute Gasteiger partial charge is 0.370 e. The van der Waals surface area contributed by atoms with Crippen LogP contribution < -0.4 is 5.32 Å². The average molecular weight is 572 g/mol. The summed E-state index contributed by atoms with van der Waals surface area (Å²) in [4.78, 5) is 7.09. The topological polar surface area (TPSA) is 71.0 Å². The van der Waals surface area contributed by atoms with Crippen LogP contribution in [0.3, 0.4) is 0 Å². The first kappa shape index (κ1) is 26.6. The first-order valence-corrected chi connectivity index (χ1v) is 12.8. The van der Waals surface area contributed by atoms with Crippen LogP contribution in [-0.2, 0) is 26.9 Å². The van der Waals surface area contributed by atoms with Crippen molar-refractivity contribution in [2.24, 2.45) is 4.99 Å². The number of aliphatic imine (C=N–C) groups is 1. The number of halogens is 1. The zero-order chi connectivity index (χ0) is 22.4. The van der Waals surface area contributed by atoms with Gasteiger partial charge in [-0.2, -0.15) is 0 Å². The molecule has 0 saturated carbocycles. The molecule has 0 amide bonds. The smallest absolute Gasteiger partial charge is 0.194 e. The van der Waals surface area contributed by atoms with Crippen LogP contribution in [0, 0.1) is 13.8 Å². The van der Waals surface area contributed by atoms with Crippen molar-refractivity contribution in [1.29, 1.82) is 0 Å². The third kappa shape index (κ3) is 7.74. The normalized spacial score (nSPS) is 17.1. The Labute approximate surface area is 209 Å². The standard InChI is InChI=1S/C24H33N3O3S.HI/c1-5-25-24(26-15-20-7-9-21(10-8-20)17-31(4,28)29)27-12-13-30-23(16-27)22-11-6-18(2)14-19(22)3;/h6-11,14,23H,5,12-13,15-17H2,1-4H3,(H,25,26);1H. The van der Waals surface area contributed by atoms with Crippen LogP contribution in [0.1, 0.15) is 40.8 Å². The van der Waals surface area contributed by atoms with Crippen LogP contribution >= 0.6 is 24.0 Å². The first-order chi connectivity index (χ1) is 14.7. The molecule has 32 heavy (non-hydrogen) atoms. The van der Waals surface area contributed by atoms with Gasteiger partial charge in [0.15, 0.2) is 15.8 Å². The zero-order valence-corrected chi connectivity index (χ0v) is 22.4. The van der Waals surface area contributed by atoms with Gasteiger partial charge in [-0.15, -0.1) is 24.0 Å². The molecule has 1 heterocycles. The summed E-state index contributed by atoms with van der Waals surface area (Å²) in [6.45, 7) is 9.83. The predicted octanol–water partition coefficient (Wildman–Crippen LogP) is 4.01. The van der Waals surface area contributed by atoms with E-state index in [-0.39, 0.29) is 35.8 Å². The Morgan fingerprint density at radius 1 is 1.16 bits per heavy atom. The molecule has 0 aliphatic carbocycles. The average Bonchev–Trinajstić information content (AvgIpc) is 2.71. The van der Waals surface area contributed by atoms with Gasteiger partial charge >= 0.3 is 0 Å². The van der Waals surface area contributed by atoms with E-state index in [1.807, 2.05) is 24.3 Å². The van der Waals surface area contributed by atoms with Crippen molar-refractivity contribution >= 4 is 39.8 Å². The SMILES string of the molecule is CCNC(=NCc1ccc(CS(C)(=O)=O)cc1)N1CCOC(c2ccc(C)cc2C)C1.I. The summed E-state index contributed by atoms with van der Waals surface area (Å²) in [5.41, 5.74) is 5.58. The molecule has 0 bridgehead atoms. The van der Waals surface area contributed by atoms with Gasteiger partial charge in [0.1, 0.15) is 6.10 Å². The highest BCUT2D eigenvalue weighted by Gasteiger charge is 2.25. The summed E-state index contributed by atoms with van der Waals surface area (Å²) >= 11 is 0. The van der Waals surface area contributed by atoms with E-state index in [2.05, 4.69) is 49.2 Å². The van der Waals surface area contributed by atoms with Crippen LogP contribution in [-0.4, -0.2) is 51.8 Å². The molecule has 0 radical (unpaired) electrons. The van der Waals surface area contributed by atoms with Crippen LogP contribution in [0.2, 0.25) is 0 Å². The number of aryl methyl sites for hydroxylation is 2. The van der Waals surface area contributed by atoms with E-state index < -0.39 is 9.84 Å². The minimum atomic E-state index is -3.03. The molecule has 1 fully saturated rings. The van der Waals surface area contributed by atoms with Crippen LogP contribution in [0.5, 0.6) is 0 Å². The van der Waals surface area contributed by atoms with Crippen LogP contribution in [0.4, 0.5) is 0 Å². The summed E-state index contributed by atoms with van der Waals surface area (Å²) in [6.07, 6.45) is 1.27. The van der Waals surface area contributed by atoms with E-state index in [4.69, 9.17) is 9.73 Å². The van der Waals surface area contributed by atoms with E-state index in [9.17, 15) is 8.42 Å². The number of nitrogens with zero attached hydrogens (tertiary/aromatic N) is 2. The van der Waals surface area contributed by atoms with Crippen molar-refractivity contribution in [3.8, 4) is 0 Å². The maximum absolute atomic E-state index is 11.5. The van der Waals surface area contributed by atoms with Crippen molar-refractivity contribution < 1.29 is 13.2 Å². The quantitative estimate of drug-likeness (QED) is 0.323. The molecule has 1 aliphatic heterocycles. The van der Waals surface area contributed by atoms with Gasteiger partial charge in [-0.3, -0.25) is 0 Å². The lowest BCUT2D eigenvalue weighted by molar-refractivity contribution is -0.00834. The first-order valence-electron chi connectivity index (χ1n) is 10.7. The second kappa shape index (κ2) is 12.0. The fourth-order valence-electron chi connectivity index (χ4n) is 3.85. The highest BCUT2D eigenvalue weighted by Crippen LogP contribution is 2.26. The van der Waals surface area contributed by atoms with Crippen molar-refractivity contribution in [2.75, 3.05) is 32.5 Å². The number of hydrogen-bond acceptors (Lipinski definition) is 4. The molecule has 1 atom stereocenters. The molecular weight excluding hydrogens is 537 g/mol. The van der Waals surface area contributed by atoms with Gasteiger partial charge < -0.3 is 15.0 Å². The van der Waals surface area contributed by atoms with Crippen molar-refractivity contribution in [3.63, 3.8) is 0 Å². The van der Waals surface area contributed by atoms with E-state index in [0.717, 1.165) is 36.7 Å². The van der Waals surface area contributed by atoms with Crippen molar-refractivity contribution in [1.82, 2.24) is 10.2 Å². The van der Waals surface area contributed by atoms with E-state index in [1.54, 1.807) is 0 Å². The lowest BCUT2D eigenvalue weighted by atomic mass is 10.00. The van der Waals surface area contributed by atoms with Crippen LogP contribution in [0.25, 0.3) is 0 Å². The zero-order valence-electron chi connectivity index (χ0n) is 19.3. The Hall–Kier alpha value is -1.65. The predicted molar refractivity (Wildman–Crippen MR) is 141 cm³/mol. The number of morpholine rings is 1. The molecule has 2 aromatic carbocycles. The molecule has 3 rings (SSSR count). The van der Waals surface area contributed by atoms with E-state index in [1.165, 1.54) is 22.9 Å². The number of ether oxygens (including phenoxy) is 1. The van der Waals surface area contributed by atoms with Gasteiger partial charge in [0.05, 0.1) is 25.4 Å². The Morgan fingerprint density at radius 3 is 2.47 bits per heavy atom. The third-order valence-corrected chi connectivity index (χ3v) is 6.19. The monoisotopic (exact) mass is 571 g/mol. The van der Waals surface area contributed by atoms with Gasteiger partial charge in [-0.1, -0.05) is 48.0 Å². The maximum Gasteiger partial charge on any atom is 0.194 e. The fourth-order valence-corrected chi connectivity index (χ4v) is 4.65. The summed E-state index contributed by atoms with van der Waals surface area (Å²) in [5, 5.41) is 3.40. The lowest BCUT2D eigenvalue weighted by Crippen LogP contribution is -2.48. The number of nitrogens with one attached hydrogen (secondary N) is 1. The Morgan fingerprint density at radius 2 is 1.84 bits per heavy atom. The molecule has 1 saturated heterocycles. The number of sulfone groups is 1. The highest BCUT2D eigenvalue weighted by atomic mass is 127. The minimum Gasteiger partial charge on any atom is -0.370 e. The van der Waals surface area contributed by atoms with Gasteiger partial charge in [-0.25, -0.2) is 13.4 Å². The van der Waals surface area contributed by atoms with E-state index >= 15 is 0 Å². The number of hydrogen-bond donors (Lipinski definition) is 1. The highest BCUT2D eigenvalue weighted by molar-refractivity contribution is 14.0. The molecule has 0 spiro atoms. The summed E-state index contributed by atoms with van der Waals surface area (Å²) < 4.78 is 29.0. The summed E-state index contributed by atoms with van der Waals surface area (Å²) in [5.74, 6) is 0.938. The number of benzene rings is 2. The molecule has 1 N–H and O–H groups in total. The molecule has 6 nitrogen and oxygen atoms in total. The van der Waals surface area contributed by atoms with Gasteiger partial charge in [0.2, 0.25) is 0 Å². The van der Waals surface area contributed by atoms with Crippen molar-refractivity contribution in [2.45, 2.75) is 39.2 Å².